The van der Waals surface area contributed by atoms with Gasteiger partial charge in [0.25, 0.3) is 0 Å². The Bertz CT molecular complexity index is 333. The summed E-state index contributed by atoms with van der Waals surface area (Å²) < 4.78 is 0. The minimum absolute atomic E-state index is 0.106. The predicted octanol–water partition coefficient (Wildman–Crippen LogP) is 2.00. The van der Waals surface area contributed by atoms with Crippen molar-refractivity contribution in [3.05, 3.63) is 35.4 Å². The maximum absolute atomic E-state index is 11.5. The van der Waals surface area contributed by atoms with Crippen molar-refractivity contribution in [3.63, 3.8) is 0 Å². The van der Waals surface area contributed by atoms with Gasteiger partial charge in [0.05, 0.1) is 0 Å². The second-order valence-electron chi connectivity index (χ2n) is 4.26. The normalized spacial score (nSPS) is 10.2. The first-order valence-corrected chi connectivity index (χ1v) is 6.25. The molecule has 0 saturated heterocycles. The molecule has 3 nitrogen and oxygen atoms in total. The van der Waals surface area contributed by atoms with E-state index >= 15 is 0 Å². The lowest BCUT2D eigenvalue weighted by molar-refractivity contribution is -0.121. The van der Waals surface area contributed by atoms with Crippen LogP contribution >= 0.6 is 0 Å². The van der Waals surface area contributed by atoms with Gasteiger partial charge in [-0.05, 0) is 25.5 Å². The predicted molar refractivity (Wildman–Crippen MR) is 70.8 cm³/mol. The van der Waals surface area contributed by atoms with Gasteiger partial charge in [0.15, 0.2) is 0 Å². The van der Waals surface area contributed by atoms with Gasteiger partial charge in [-0.1, -0.05) is 36.8 Å². The van der Waals surface area contributed by atoms with Crippen LogP contribution in [-0.2, 0) is 11.3 Å². The molecule has 0 aliphatic carbocycles. The zero-order valence-corrected chi connectivity index (χ0v) is 10.8. The summed E-state index contributed by atoms with van der Waals surface area (Å²) in [6.45, 7) is 6.53. The van der Waals surface area contributed by atoms with E-state index in [9.17, 15) is 4.79 Å². The molecule has 2 N–H and O–H groups in total. The Balaban J connectivity index is 2.17. The molecule has 1 rings (SSSR count). The van der Waals surface area contributed by atoms with Crippen molar-refractivity contribution < 1.29 is 4.79 Å². The van der Waals surface area contributed by atoms with E-state index in [0.717, 1.165) is 25.1 Å². The summed E-state index contributed by atoms with van der Waals surface area (Å²) in [5, 5.41) is 6.13. The fourth-order valence-corrected chi connectivity index (χ4v) is 1.50. The van der Waals surface area contributed by atoms with Crippen molar-refractivity contribution in [2.45, 2.75) is 33.2 Å². The molecule has 0 saturated carbocycles. The summed E-state index contributed by atoms with van der Waals surface area (Å²) in [5.74, 6) is 0.106. The van der Waals surface area contributed by atoms with Gasteiger partial charge in [0.1, 0.15) is 0 Å². The fraction of sp³-hybridized carbons (Fsp3) is 0.500. The zero-order chi connectivity index (χ0) is 12.5. The molecular weight excluding hydrogens is 212 g/mol. The number of benzene rings is 1. The number of hydrogen-bond acceptors (Lipinski definition) is 2. The minimum atomic E-state index is 0.106. The Kier molecular flexibility index (Phi) is 6.33. The lowest BCUT2D eigenvalue weighted by Crippen LogP contribution is -2.27. The minimum Gasteiger partial charge on any atom is -0.352 e. The first kappa shape index (κ1) is 13.7. The number of aryl methyl sites for hydroxylation is 1. The van der Waals surface area contributed by atoms with Crippen LogP contribution in [0.3, 0.4) is 0 Å². The van der Waals surface area contributed by atoms with Gasteiger partial charge >= 0.3 is 0 Å². The fourth-order valence-electron chi connectivity index (χ4n) is 1.50. The first-order valence-electron chi connectivity index (χ1n) is 6.25. The number of hydrogen-bond donors (Lipinski definition) is 2. The lowest BCUT2D eigenvalue weighted by Gasteiger charge is -2.06. The third-order valence-corrected chi connectivity index (χ3v) is 2.57. The summed E-state index contributed by atoms with van der Waals surface area (Å²) in [5.41, 5.74) is 2.38. The highest BCUT2D eigenvalue weighted by molar-refractivity contribution is 5.76. The summed E-state index contributed by atoms with van der Waals surface area (Å²) in [6.07, 6.45) is 1.65. The lowest BCUT2D eigenvalue weighted by atomic mass is 10.1. The highest BCUT2D eigenvalue weighted by Crippen LogP contribution is 2.02. The molecule has 1 aromatic carbocycles. The van der Waals surface area contributed by atoms with Gasteiger partial charge in [-0.25, -0.2) is 0 Å². The highest BCUT2D eigenvalue weighted by Gasteiger charge is 2.00. The summed E-state index contributed by atoms with van der Waals surface area (Å²) in [6, 6.07) is 8.21. The van der Waals surface area contributed by atoms with E-state index in [1.165, 1.54) is 5.56 Å². The van der Waals surface area contributed by atoms with Crippen molar-refractivity contribution in [3.8, 4) is 0 Å². The quantitative estimate of drug-likeness (QED) is 0.708. The molecule has 0 bridgehead atoms. The van der Waals surface area contributed by atoms with Gasteiger partial charge in [-0.15, -0.1) is 0 Å². The molecular formula is C14H22N2O. The maximum atomic E-state index is 11.5. The molecule has 0 radical (unpaired) electrons. The largest absolute Gasteiger partial charge is 0.352 e. The number of carbonyl (C=O) groups excluding carboxylic acids is 1. The molecule has 17 heavy (non-hydrogen) atoms. The van der Waals surface area contributed by atoms with Crippen LogP contribution in [0.5, 0.6) is 0 Å². The summed E-state index contributed by atoms with van der Waals surface area (Å²) in [7, 11) is 0. The van der Waals surface area contributed by atoms with Crippen LogP contribution in [-0.4, -0.2) is 19.0 Å². The van der Waals surface area contributed by atoms with Gasteiger partial charge in [0, 0.05) is 19.5 Å². The van der Waals surface area contributed by atoms with Crippen molar-refractivity contribution in [1.29, 1.82) is 0 Å². The topological polar surface area (TPSA) is 41.1 Å². The second kappa shape index (κ2) is 7.85. The number of carbonyl (C=O) groups is 1. The number of nitrogens with one attached hydrogen (secondary N) is 2. The van der Waals surface area contributed by atoms with Crippen LogP contribution in [0.2, 0.25) is 0 Å². The van der Waals surface area contributed by atoms with E-state index in [1.54, 1.807) is 0 Å². The Morgan fingerprint density at radius 1 is 1.18 bits per heavy atom. The van der Waals surface area contributed by atoms with Crippen LogP contribution in [0.4, 0.5) is 0 Å². The van der Waals surface area contributed by atoms with Crippen molar-refractivity contribution in [2.75, 3.05) is 13.1 Å². The standard InChI is InChI=1S/C14H22N2O/c1-3-9-15-10-8-14(17)16-11-13-6-4-12(2)5-7-13/h4-7,15H,3,8-11H2,1-2H3,(H,16,17). The smallest absolute Gasteiger partial charge is 0.221 e. The van der Waals surface area contributed by atoms with E-state index in [1.807, 2.05) is 12.1 Å². The van der Waals surface area contributed by atoms with Crippen LogP contribution in [0.25, 0.3) is 0 Å². The molecule has 0 heterocycles. The molecule has 94 valence electrons. The van der Waals surface area contributed by atoms with Crippen molar-refractivity contribution in [1.82, 2.24) is 10.6 Å². The molecule has 0 aliphatic heterocycles. The van der Waals surface area contributed by atoms with E-state index in [-0.39, 0.29) is 5.91 Å². The van der Waals surface area contributed by atoms with Crippen LogP contribution in [0, 0.1) is 6.92 Å². The molecule has 0 aromatic heterocycles. The Labute approximate surface area is 104 Å². The molecule has 1 amide bonds. The van der Waals surface area contributed by atoms with Gasteiger partial charge in [0.2, 0.25) is 5.91 Å². The van der Waals surface area contributed by atoms with Crippen molar-refractivity contribution in [2.24, 2.45) is 0 Å². The highest BCUT2D eigenvalue weighted by atomic mass is 16.1. The molecule has 3 heteroatoms. The monoisotopic (exact) mass is 234 g/mol. The molecule has 0 atom stereocenters. The average molecular weight is 234 g/mol. The molecule has 0 spiro atoms. The Hall–Kier alpha value is -1.35. The van der Waals surface area contributed by atoms with E-state index < -0.39 is 0 Å². The third kappa shape index (κ3) is 6.07. The SMILES string of the molecule is CCCNCCC(=O)NCc1ccc(C)cc1. The Morgan fingerprint density at radius 2 is 1.88 bits per heavy atom. The maximum Gasteiger partial charge on any atom is 0.221 e. The van der Waals surface area contributed by atoms with Gasteiger partial charge in [-0.2, -0.15) is 0 Å². The van der Waals surface area contributed by atoms with Crippen LogP contribution in [0.15, 0.2) is 24.3 Å². The Morgan fingerprint density at radius 3 is 2.53 bits per heavy atom. The number of rotatable bonds is 7. The summed E-state index contributed by atoms with van der Waals surface area (Å²) >= 11 is 0. The zero-order valence-electron chi connectivity index (χ0n) is 10.8. The molecule has 0 fully saturated rings. The first-order chi connectivity index (χ1) is 8.22. The van der Waals surface area contributed by atoms with Gasteiger partial charge < -0.3 is 10.6 Å². The van der Waals surface area contributed by atoms with Crippen LogP contribution < -0.4 is 10.6 Å². The number of amides is 1. The average Bonchev–Trinajstić information content (AvgIpc) is 2.34. The summed E-state index contributed by atoms with van der Waals surface area (Å²) in [4.78, 5) is 11.5. The van der Waals surface area contributed by atoms with Crippen LogP contribution in [0.1, 0.15) is 30.9 Å². The van der Waals surface area contributed by atoms with E-state index in [0.29, 0.717) is 13.0 Å². The molecule has 0 unspecified atom stereocenters. The second-order valence-corrected chi connectivity index (χ2v) is 4.26. The van der Waals surface area contributed by atoms with Crippen molar-refractivity contribution >= 4 is 5.91 Å². The van der Waals surface area contributed by atoms with E-state index in [2.05, 4.69) is 36.6 Å². The van der Waals surface area contributed by atoms with Gasteiger partial charge in [-0.3, -0.25) is 4.79 Å². The molecule has 1 aromatic rings. The third-order valence-electron chi connectivity index (χ3n) is 2.57. The van der Waals surface area contributed by atoms with E-state index in [4.69, 9.17) is 0 Å². The molecule has 0 aliphatic rings.